The van der Waals surface area contributed by atoms with E-state index in [-0.39, 0.29) is 23.0 Å². The number of aryl methyl sites for hydroxylation is 1. The van der Waals surface area contributed by atoms with Gasteiger partial charge < -0.3 is 15.1 Å². The molecular weight excluding hydrogens is 309 g/mol. The van der Waals surface area contributed by atoms with Gasteiger partial charge in [0.25, 0.3) is 0 Å². The maximum Gasteiger partial charge on any atom is 0.321 e. The van der Waals surface area contributed by atoms with E-state index in [0.29, 0.717) is 19.5 Å². The summed E-state index contributed by atoms with van der Waals surface area (Å²) in [6.45, 7) is 3.91. The molecule has 0 bridgehead atoms. The lowest BCUT2D eigenvalue weighted by atomic mass is 9.72. The molecule has 2 saturated heterocycles. The molecule has 0 unspecified atom stereocenters. The van der Waals surface area contributed by atoms with E-state index in [1.807, 2.05) is 14.0 Å². The summed E-state index contributed by atoms with van der Waals surface area (Å²) in [6, 6.07) is 4.43. The van der Waals surface area contributed by atoms with E-state index < -0.39 is 5.82 Å². The van der Waals surface area contributed by atoms with Crippen molar-refractivity contribution < 1.29 is 14.0 Å². The molecule has 2 fully saturated rings. The maximum atomic E-state index is 13.8. The van der Waals surface area contributed by atoms with E-state index in [1.165, 1.54) is 6.07 Å². The molecule has 0 saturated carbocycles. The number of anilines is 1. The first-order valence-corrected chi connectivity index (χ1v) is 8.45. The first-order chi connectivity index (χ1) is 11.4. The summed E-state index contributed by atoms with van der Waals surface area (Å²) < 4.78 is 13.8. The van der Waals surface area contributed by atoms with Crippen molar-refractivity contribution >= 4 is 17.6 Å². The van der Waals surface area contributed by atoms with Crippen LogP contribution in [0.4, 0.5) is 14.9 Å². The first kappa shape index (κ1) is 16.7. The lowest BCUT2D eigenvalue weighted by Gasteiger charge is -2.46. The van der Waals surface area contributed by atoms with Gasteiger partial charge in [-0.2, -0.15) is 0 Å². The van der Waals surface area contributed by atoms with Gasteiger partial charge in [-0.05, 0) is 49.3 Å². The van der Waals surface area contributed by atoms with Crippen LogP contribution < -0.4 is 5.32 Å². The van der Waals surface area contributed by atoms with Gasteiger partial charge in [0.2, 0.25) is 5.91 Å². The number of carbonyl (C=O) groups is 2. The highest BCUT2D eigenvalue weighted by molar-refractivity contribution is 5.89. The summed E-state index contributed by atoms with van der Waals surface area (Å²) in [5.41, 5.74) is 1.26. The second-order valence-corrected chi connectivity index (χ2v) is 7.15. The number of nitrogens with zero attached hydrogens (tertiary/aromatic N) is 2. The first-order valence-electron chi connectivity index (χ1n) is 8.45. The molecule has 1 aromatic carbocycles. The molecular formula is C18H24FN3O2. The van der Waals surface area contributed by atoms with Crippen molar-refractivity contribution in [2.45, 2.75) is 32.6 Å². The zero-order valence-corrected chi connectivity index (χ0v) is 14.3. The Kier molecular flexibility index (Phi) is 4.47. The van der Waals surface area contributed by atoms with Gasteiger partial charge in [-0.25, -0.2) is 9.18 Å². The number of benzene rings is 1. The van der Waals surface area contributed by atoms with E-state index in [4.69, 9.17) is 0 Å². The summed E-state index contributed by atoms with van der Waals surface area (Å²) >= 11 is 0. The SMILES string of the molecule is Cc1ccc(F)c(NC(=O)N2CCC3(CCC(=O)N(C)C3)CC2)c1. The molecule has 6 heteroatoms. The van der Waals surface area contributed by atoms with E-state index in [2.05, 4.69) is 5.32 Å². The van der Waals surface area contributed by atoms with Crippen LogP contribution in [0.15, 0.2) is 18.2 Å². The largest absolute Gasteiger partial charge is 0.345 e. The smallest absolute Gasteiger partial charge is 0.321 e. The molecule has 1 spiro atoms. The van der Waals surface area contributed by atoms with Crippen LogP contribution in [0, 0.1) is 18.2 Å². The molecule has 1 N–H and O–H groups in total. The number of piperidine rings is 2. The van der Waals surface area contributed by atoms with E-state index in [1.54, 1.807) is 21.9 Å². The molecule has 2 aliphatic heterocycles. The number of likely N-dealkylation sites (tertiary alicyclic amines) is 2. The fraction of sp³-hybridized carbons (Fsp3) is 0.556. The van der Waals surface area contributed by atoms with E-state index in [9.17, 15) is 14.0 Å². The van der Waals surface area contributed by atoms with Crippen molar-refractivity contribution in [3.8, 4) is 0 Å². The number of amides is 3. The van der Waals surface area contributed by atoms with Gasteiger partial charge in [-0.15, -0.1) is 0 Å². The second-order valence-electron chi connectivity index (χ2n) is 7.15. The van der Waals surface area contributed by atoms with Crippen LogP contribution >= 0.6 is 0 Å². The molecule has 24 heavy (non-hydrogen) atoms. The van der Waals surface area contributed by atoms with Crippen LogP contribution in [-0.2, 0) is 4.79 Å². The number of urea groups is 1. The third-order valence-electron chi connectivity index (χ3n) is 5.34. The number of rotatable bonds is 1. The molecule has 0 aromatic heterocycles. The van der Waals surface area contributed by atoms with Crippen molar-refractivity contribution in [3.05, 3.63) is 29.6 Å². The second kappa shape index (κ2) is 6.42. The van der Waals surface area contributed by atoms with Crippen LogP contribution in [0.2, 0.25) is 0 Å². The van der Waals surface area contributed by atoms with Crippen molar-refractivity contribution in [3.63, 3.8) is 0 Å². The Morgan fingerprint density at radius 3 is 2.62 bits per heavy atom. The lowest BCUT2D eigenvalue weighted by molar-refractivity contribution is -0.137. The maximum absolute atomic E-state index is 13.8. The highest BCUT2D eigenvalue weighted by Crippen LogP contribution is 2.39. The summed E-state index contributed by atoms with van der Waals surface area (Å²) in [5, 5.41) is 2.68. The minimum Gasteiger partial charge on any atom is -0.345 e. The standard InChI is InChI=1S/C18H24FN3O2/c1-13-3-4-14(19)15(11-13)20-17(24)22-9-7-18(8-10-22)6-5-16(23)21(2)12-18/h3-4,11H,5-10,12H2,1-2H3,(H,20,24). The highest BCUT2D eigenvalue weighted by Gasteiger charge is 2.40. The Bertz CT molecular complexity index is 654. The minimum absolute atomic E-state index is 0.133. The van der Waals surface area contributed by atoms with Crippen LogP contribution in [0.5, 0.6) is 0 Å². The van der Waals surface area contributed by atoms with E-state index >= 15 is 0 Å². The Labute approximate surface area is 141 Å². The monoisotopic (exact) mass is 333 g/mol. The summed E-state index contributed by atoms with van der Waals surface area (Å²) in [6.07, 6.45) is 3.26. The summed E-state index contributed by atoms with van der Waals surface area (Å²) in [5.74, 6) is -0.217. The van der Waals surface area contributed by atoms with Crippen LogP contribution in [-0.4, -0.2) is 48.4 Å². The predicted molar refractivity (Wildman–Crippen MR) is 90.3 cm³/mol. The zero-order valence-electron chi connectivity index (χ0n) is 14.3. The Balaban J connectivity index is 1.59. The van der Waals surface area contributed by atoms with Gasteiger partial charge >= 0.3 is 6.03 Å². The molecule has 2 heterocycles. The number of nitrogens with one attached hydrogen (secondary N) is 1. The van der Waals surface area contributed by atoms with Gasteiger partial charge in [-0.3, -0.25) is 4.79 Å². The average Bonchev–Trinajstić information content (AvgIpc) is 2.55. The van der Waals surface area contributed by atoms with Gasteiger partial charge in [0.15, 0.2) is 0 Å². The molecule has 130 valence electrons. The lowest BCUT2D eigenvalue weighted by Crippen LogP contribution is -2.51. The molecule has 0 atom stereocenters. The zero-order chi connectivity index (χ0) is 17.3. The van der Waals surface area contributed by atoms with Crippen molar-refractivity contribution in [2.24, 2.45) is 5.41 Å². The summed E-state index contributed by atoms with van der Waals surface area (Å²) in [7, 11) is 1.85. The Morgan fingerprint density at radius 1 is 1.25 bits per heavy atom. The highest BCUT2D eigenvalue weighted by atomic mass is 19.1. The molecule has 2 aliphatic rings. The third-order valence-corrected chi connectivity index (χ3v) is 5.34. The fourth-order valence-electron chi connectivity index (χ4n) is 3.75. The molecule has 3 amide bonds. The van der Waals surface area contributed by atoms with Gasteiger partial charge in [0.05, 0.1) is 5.69 Å². The van der Waals surface area contributed by atoms with Crippen LogP contribution in [0.25, 0.3) is 0 Å². The van der Waals surface area contributed by atoms with Crippen LogP contribution in [0.3, 0.4) is 0 Å². The van der Waals surface area contributed by atoms with Crippen LogP contribution in [0.1, 0.15) is 31.2 Å². The molecule has 3 rings (SSSR count). The van der Waals surface area contributed by atoms with E-state index in [0.717, 1.165) is 31.4 Å². The van der Waals surface area contributed by atoms with Gasteiger partial charge in [0.1, 0.15) is 5.82 Å². The number of carbonyl (C=O) groups excluding carboxylic acids is 2. The molecule has 0 radical (unpaired) electrons. The number of hydrogen-bond acceptors (Lipinski definition) is 2. The quantitative estimate of drug-likeness (QED) is 0.859. The summed E-state index contributed by atoms with van der Waals surface area (Å²) in [4.78, 5) is 27.6. The van der Waals surface area contributed by atoms with Crippen molar-refractivity contribution in [1.82, 2.24) is 9.80 Å². The van der Waals surface area contributed by atoms with Gasteiger partial charge in [-0.1, -0.05) is 6.07 Å². The Morgan fingerprint density at radius 2 is 1.96 bits per heavy atom. The number of halogens is 1. The fourth-order valence-corrected chi connectivity index (χ4v) is 3.75. The van der Waals surface area contributed by atoms with Crippen molar-refractivity contribution in [2.75, 3.05) is 32.0 Å². The number of hydrogen-bond donors (Lipinski definition) is 1. The normalized spacial score (nSPS) is 20.4. The topological polar surface area (TPSA) is 52.7 Å². The molecule has 0 aliphatic carbocycles. The van der Waals surface area contributed by atoms with Gasteiger partial charge in [0, 0.05) is 33.1 Å². The predicted octanol–water partition coefficient (Wildman–Crippen LogP) is 3.00. The average molecular weight is 333 g/mol. The molecule has 1 aromatic rings. The third kappa shape index (κ3) is 3.37. The van der Waals surface area contributed by atoms with Crippen molar-refractivity contribution in [1.29, 1.82) is 0 Å². The minimum atomic E-state index is -0.421. The Hall–Kier alpha value is -2.11. The molecule has 5 nitrogen and oxygen atoms in total.